The van der Waals surface area contributed by atoms with Crippen molar-refractivity contribution in [3.8, 4) is 0 Å². The SMILES string of the molecule is O=Cc1ccc(C(=O)OCc2ccccc2)[nH]1. The number of rotatable bonds is 4. The molecule has 1 heterocycles. The van der Waals surface area contributed by atoms with Crippen molar-refractivity contribution in [2.24, 2.45) is 0 Å². The van der Waals surface area contributed by atoms with Crippen molar-refractivity contribution < 1.29 is 14.3 Å². The Hall–Kier alpha value is -2.36. The summed E-state index contributed by atoms with van der Waals surface area (Å²) in [5.74, 6) is -0.470. The third kappa shape index (κ3) is 2.81. The zero-order chi connectivity index (χ0) is 12.1. The Morgan fingerprint density at radius 2 is 1.94 bits per heavy atom. The molecule has 2 rings (SSSR count). The number of carbonyl (C=O) groups excluding carboxylic acids is 2. The third-order valence-corrected chi connectivity index (χ3v) is 2.27. The van der Waals surface area contributed by atoms with E-state index in [0.717, 1.165) is 5.56 Å². The number of aromatic nitrogens is 1. The molecule has 0 unspecified atom stereocenters. The summed E-state index contributed by atoms with van der Waals surface area (Å²) in [6.07, 6.45) is 0.647. The second-order valence-corrected chi connectivity index (χ2v) is 3.51. The number of nitrogens with one attached hydrogen (secondary N) is 1. The van der Waals surface area contributed by atoms with Crippen molar-refractivity contribution in [1.29, 1.82) is 0 Å². The van der Waals surface area contributed by atoms with Gasteiger partial charge in [0.2, 0.25) is 0 Å². The summed E-state index contributed by atoms with van der Waals surface area (Å²) in [5.41, 5.74) is 1.56. The number of ether oxygens (including phenoxy) is 1. The number of hydrogen-bond donors (Lipinski definition) is 1. The molecule has 1 aromatic carbocycles. The zero-order valence-corrected chi connectivity index (χ0v) is 9.05. The molecule has 2 aromatic rings. The summed E-state index contributed by atoms with van der Waals surface area (Å²) in [5, 5.41) is 0. The minimum atomic E-state index is -0.470. The van der Waals surface area contributed by atoms with Crippen molar-refractivity contribution in [1.82, 2.24) is 4.98 Å². The lowest BCUT2D eigenvalue weighted by molar-refractivity contribution is 0.0466. The molecule has 4 nitrogen and oxygen atoms in total. The molecule has 0 aliphatic carbocycles. The van der Waals surface area contributed by atoms with Crippen LogP contribution in [0.25, 0.3) is 0 Å². The molecule has 0 fully saturated rings. The maximum Gasteiger partial charge on any atom is 0.355 e. The quantitative estimate of drug-likeness (QED) is 0.645. The first kappa shape index (κ1) is 11.1. The van der Waals surface area contributed by atoms with Gasteiger partial charge in [-0.1, -0.05) is 30.3 Å². The smallest absolute Gasteiger partial charge is 0.355 e. The van der Waals surface area contributed by atoms with E-state index in [9.17, 15) is 9.59 Å². The predicted octanol–water partition coefficient (Wildman–Crippen LogP) is 2.18. The first-order valence-corrected chi connectivity index (χ1v) is 5.15. The highest BCUT2D eigenvalue weighted by atomic mass is 16.5. The Kier molecular flexibility index (Phi) is 3.35. The molecule has 0 aliphatic heterocycles. The van der Waals surface area contributed by atoms with E-state index in [1.807, 2.05) is 30.3 Å². The lowest BCUT2D eigenvalue weighted by Gasteiger charge is -2.02. The van der Waals surface area contributed by atoms with Crippen LogP contribution in [0, 0.1) is 0 Å². The standard InChI is InChI=1S/C13H11NO3/c15-8-11-6-7-12(14-11)13(16)17-9-10-4-2-1-3-5-10/h1-8,14H,9H2. The van der Waals surface area contributed by atoms with E-state index >= 15 is 0 Å². The van der Waals surface area contributed by atoms with Crippen molar-refractivity contribution in [3.05, 3.63) is 59.4 Å². The Morgan fingerprint density at radius 1 is 1.18 bits per heavy atom. The van der Waals surface area contributed by atoms with E-state index in [4.69, 9.17) is 4.74 Å². The normalized spacial score (nSPS) is 9.88. The van der Waals surface area contributed by atoms with Gasteiger partial charge in [-0.25, -0.2) is 4.79 Å². The molecule has 0 radical (unpaired) electrons. The summed E-state index contributed by atoms with van der Waals surface area (Å²) in [6, 6.07) is 12.5. The summed E-state index contributed by atoms with van der Waals surface area (Å²) in [4.78, 5) is 24.7. The second-order valence-electron chi connectivity index (χ2n) is 3.51. The molecular formula is C13H11NO3. The Balaban J connectivity index is 1.96. The van der Waals surface area contributed by atoms with Crippen LogP contribution in [0.4, 0.5) is 0 Å². The molecular weight excluding hydrogens is 218 g/mol. The molecule has 0 spiro atoms. The Morgan fingerprint density at radius 3 is 2.59 bits per heavy atom. The molecule has 0 saturated heterocycles. The lowest BCUT2D eigenvalue weighted by Crippen LogP contribution is -2.05. The van der Waals surface area contributed by atoms with Gasteiger partial charge in [-0.15, -0.1) is 0 Å². The predicted molar refractivity (Wildman–Crippen MR) is 61.7 cm³/mol. The van der Waals surface area contributed by atoms with Crippen LogP contribution in [-0.4, -0.2) is 17.2 Å². The molecule has 0 aliphatic rings. The van der Waals surface area contributed by atoms with E-state index in [1.165, 1.54) is 12.1 Å². The highest BCUT2D eigenvalue weighted by molar-refractivity contribution is 5.89. The molecule has 1 N–H and O–H groups in total. The van der Waals surface area contributed by atoms with Gasteiger partial charge in [0.05, 0.1) is 5.69 Å². The fraction of sp³-hybridized carbons (Fsp3) is 0.0769. The molecule has 86 valence electrons. The molecule has 0 bridgehead atoms. The highest BCUT2D eigenvalue weighted by Gasteiger charge is 2.09. The number of aromatic amines is 1. The van der Waals surface area contributed by atoms with Crippen LogP contribution in [-0.2, 0) is 11.3 Å². The Bertz CT molecular complexity index is 516. The van der Waals surface area contributed by atoms with Gasteiger partial charge >= 0.3 is 5.97 Å². The van der Waals surface area contributed by atoms with E-state index in [2.05, 4.69) is 4.98 Å². The molecule has 17 heavy (non-hydrogen) atoms. The second kappa shape index (κ2) is 5.12. The van der Waals surface area contributed by atoms with Crippen molar-refractivity contribution in [2.45, 2.75) is 6.61 Å². The lowest BCUT2D eigenvalue weighted by atomic mass is 10.2. The topological polar surface area (TPSA) is 59.2 Å². The minimum Gasteiger partial charge on any atom is -0.456 e. The van der Waals surface area contributed by atoms with Crippen LogP contribution in [0.15, 0.2) is 42.5 Å². The molecule has 0 amide bonds. The number of aldehydes is 1. The Labute approximate surface area is 98.2 Å². The van der Waals surface area contributed by atoms with Crippen molar-refractivity contribution in [3.63, 3.8) is 0 Å². The molecule has 4 heteroatoms. The van der Waals surface area contributed by atoms with Gasteiger partial charge in [0, 0.05) is 0 Å². The van der Waals surface area contributed by atoms with E-state index in [1.54, 1.807) is 0 Å². The van der Waals surface area contributed by atoms with E-state index in [-0.39, 0.29) is 12.3 Å². The number of hydrogen-bond acceptors (Lipinski definition) is 3. The van der Waals surface area contributed by atoms with Gasteiger partial charge in [0.1, 0.15) is 12.3 Å². The van der Waals surface area contributed by atoms with Crippen molar-refractivity contribution in [2.75, 3.05) is 0 Å². The summed E-state index contributed by atoms with van der Waals surface area (Å²) in [7, 11) is 0. The van der Waals surface area contributed by atoms with Crippen LogP contribution in [0.2, 0.25) is 0 Å². The van der Waals surface area contributed by atoms with E-state index in [0.29, 0.717) is 12.0 Å². The van der Waals surface area contributed by atoms with Crippen LogP contribution < -0.4 is 0 Å². The largest absolute Gasteiger partial charge is 0.456 e. The van der Waals surface area contributed by atoms with Gasteiger partial charge in [-0.3, -0.25) is 4.79 Å². The summed E-state index contributed by atoms with van der Waals surface area (Å²) < 4.78 is 5.09. The van der Waals surface area contributed by atoms with Gasteiger partial charge in [-0.05, 0) is 17.7 Å². The average Bonchev–Trinajstić information content (AvgIpc) is 2.86. The van der Waals surface area contributed by atoms with Gasteiger partial charge in [-0.2, -0.15) is 0 Å². The maximum absolute atomic E-state index is 11.6. The monoisotopic (exact) mass is 229 g/mol. The van der Waals surface area contributed by atoms with E-state index < -0.39 is 5.97 Å². The summed E-state index contributed by atoms with van der Waals surface area (Å²) in [6.45, 7) is 0.217. The van der Waals surface area contributed by atoms with Crippen LogP contribution in [0.3, 0.4) is 0 Å². The molecule has 0 saturated carbocycles. The zero-order valence-electron chi connectivity index (χ0n) is 9.05. The fourth-order valence-corrected chi connectivity index (χ4v) is 1.40. The highest BCUT2D eigenvalue weighted by Crippen LogP contribution is 2.05. The first-order chi connectivity index (χ1) is 8.29. The van der Waals surface area contributed by atoms with Crippen LogP contribution in [0.1, 0.15) is 26.5 Å². The number of H-pyrrole nitrogens is 1. The van der Waals surface area contributed by atoms with Gasteiger partial charge in [0.15, 0.2) is 6.29 Å². The molecule has 1 aromatic heterocycles. The molecule has 0 atom stereocenters. The first-order valence-electron chi connectivity index (χ1n) is 5.15. The number of esters is 1. The van der Waals surface area contributed by atoms with Gasteiger partial charge in [0.25, 0.3) is 0 Å². The van der Waals surface area contributed by atoms with Gasteiger partial charge < -0.3 is 9.72 Å². The third-order valence-electron chi connectivity index (χ3n) is 2.27. The fourth-order valence-electron chi connectivity index (χ4n) is 1.40. The van der Waals surface area contributed by atoms with Crippen LogP contribution in [0.5, 0.6) is 0 Å². The number of carbonyl (C=O) groups is 2. The minimum absolute atomic E-state index is 0.217. The number of benzene rings is 1. The van der Waals surface area contributed by atoms with Crippen molar-refractivity contribution >= 4 is 12.3 Å². The van der Waals surface area contributed by atoms with Crippen LogP contribution >= 0.6 is 0 Å². The average molecular weight is 229 g/mol. The maximum atomic E-state index is 11.6. The summed E-state index contributed by atoms with van der Waals surface area (Å²) >= 11 is 0.